The van der Waals surface area contributed by atoms with Crippen molar-refractivity contribution in [2.75, 3.05) is 26.3 Å². The lowest BCUT2D eigenvalue weighted by Crippen LogP contribution is -2.55. The summed E-state index contributed by atoms with van der Waals surface area (Å²) in [6, 6.07) is -0.140. The van der Waals surface area contributed by atoms with Gasteiger partial charge in [-0.25, -0.2) is 4.79 Å². The van der Waals surface area contributed by atoms with Crippen LogP contribution in [0.3, 0.4) is 0 Å². The molecule has 6 heteroatoms. The summed E-state index contributed by atoms with van der Waals surface area (Å²) in [5.74, 6) is -0.802. The van der Waals surface area contributed by atoms with Gasteiger partial charge in [0, 0.05) is 13.1 Å². The van der Waals surface area contributed by atoms with E-state index in [4.69, 9.17) is 4.74 Å². The molecular weight excluding hydrogens is 236 g/mol. The van der Waals surface area contributed by atoms with Gasteiger partial charge >= 0.3 is 12.0 Å². The molecule has 2 rings (SSSR count). The van der Waals surface area contributed by atoms with Crippen LogP contribution in [0.25, 0.3) is 0 Å². The number of carboxylic acid groups (broad SMARTS) is 1. The molecule has 0 bridgehead atoms. The maximum atomic E-state index is 12.0. The predicted molar refractivity (Wildman–Crippen MR) is 64.3 cm³/mol. The van der Waals surface area contributed by atoms with Gasteiger partial charge in [-0.15, -0.1) is 0 Å². The van der Waals surface area contributed by atoms with Gasteiger partial charge in [-0.3, -0.25) is 4.79 Å². The van der Waals surface area contributed by atoms with E-state index in [-0.39, 0.29) is 18.6 Å². The highest BCUT2D eigenvalue weighted by Crippen LogP contribution is 2.40. The minimum Gasteiger partial charge on any atom is -0.481 e. The summed E-state index contributed by atoms with van der Waals surface area (Å²) < 4.78 is 5.26. The lowest BCUT2D eigenvalue weighted by molar-refractivity contribution is -0.153. The van der Waals surface area contributed by atoms with Gasteiger partial charge in [-0.2, -0.15) is 0 Å². The molecule has 1 aliphatic heterocycles. The molecule has 0 aromatic heterocycles. The number of hydrogen-bond donors (Lipinski definition) is 2. The first kappa shape index (κ1) is 13.1. The molecule has 6 nitrogen and oxygen atoms in total. The van der Waals surface area contributed by atoms with Crippen LogP contribution < -0.4 is 5.32 Å². The summed E-state index contributed by atoms with van der Waals surface area (Å²) in [6.07, 6.45) is 2.23. The SMILES string of the molecule is CC1COCCN1C(=O)NCC1(C(=O)O)CCC1. The van der Waals surface area contributed by atoms with E-state index in [1.807, 2.05) is 6.92 Å². The molecular formula is C12H20N2O4. The fourth-order valence-electron chi connectivity index (χ4n) is 2.45. The maximum Gasteiger partial charge on any atom is 0.317 e. The van der Waals surface area contributed by atoms with E-state index >= 15 is 0 Å². The van der Waals surface area contributed by atoms with Crippen LogP contribution in [-0.4, -0.2) is 54.4 Å². The highest BCUT2D eigenvalue weighted by Gasteiger charge is 2.44. The van der Waals surface area contributed by atoms with Crippen molar-refractivity contribution in [3.8, 4) is 0 Å². The van der Waals surface area contributed by atoms with E-state index in [9.17, 15) is 14.7 Å². The zero-order valence-corrected chi connectivity index (χ0v) is 10.6. The number of amides is 2. The molecule has 0 aromatic rings. The largest absolute Gasteiger partial charge is 0.481 e. The summed E-state index contributed by atoms with van der Waals surface area (Å²) in [4.78, 5) is 24.9. The fourth-order valence-corrected chi connectivity index (χ4v) is 2.45. The normalized spacial score (nSPS) is 26.3. The van der Waals surface area contributed by atoms with Gasteiger partial charge in [-0.1, -0.05) is 6.42 Å². The highest BCUT2D eigenvalue weighted by molar-refractivity contribution is 5.79. The molecule has 102 valence electrons. The van der Waals surface area contributed by atoms with Crippen molar-refractivity contribution in [1.29, 1.82) is 0 Å². The van der Waals surface area contributed by atoms with Crippen LogP contribution in [0.15, 0.2) is 0 Å². The van der Waals surface area contributed by atoms with Crippen LogP contribution in [0, 0.1) is 5.41 Å². The Bertz CT molecular complexity index is 341. The molecule has 1 saturated heterocycles. The van der Waals surface area contributed by atoms with E-state index in [0.29, 0.717) is 32.6 Å². The Kier molecular flexibility index (Phi) is 3.75. The van der Waals surface area contributed by atoms with Crippen LogP contribution in [0.2, 0.25) is 0 Å². The number of nitrogens with one attached hydrogen (secondary N) is 1. The van der Waals surface area contributed by atoms with Crippen molar-refractivity contribution in [2.45, 2.75) is 32.2 Å². The standard InChI is InChI=1S/C12H20N2O4/c1-9-7-18-6-5-14(9)11(17)13-8-12(10(15)16)3-2-4-12/h9H,2-8H2,1H3,(H,13,17)(H,15,16). The van der Waals surface area contributed by atoms with Crippen molar-refractivity contribution in [3.05, 3.63) is 0 Å². The predicted octanol–water partition coefficient (Wildman–Crippen LogP) is 0.672. The second-order valence-electron chi connectivity index (χ2n) is 5.22. The Morgan fingerprint density at radius 1 is 1.50 bits per heavy atom. The third-order valence-electron chi connectivity index (χ3n) is 3.97. The summed E-state index contributed by atoms with van der Waals surface area (Å²) in [5.41, 5.74) is -0.731. The van der Waals surface area contributed by atoms with Crippen molar-refractivity contribution < 1.29 is 19.4 Å². The average molecular weight is 256 g/mol. The van der Waals surface area contributed by atoms with Crippen LogP contribution in [0.4, 0.5) is 4.79 Å². The molecule has 1 unspecified atom stereocenters. The van der Waals surface area contributed by atoms with Gasteiger partial charge in [0.1, 0.15) is 0 Å². The smallest absolute Gasteiger partial charge is 0.317 e. The van der Waals surface area contributed by atoms with Crippen molar-refractivity contribution in [2.24, 2.45) is 5.41 Å². The van der Waals surface area contributed by atoms with Gasteiger partial charge in [0.2, 0.25) is 0 Å². The number of urea groups is 1. The molecule has 0 aromatic carbocycles. The average Bonchev–Trinajstić information content (AvgIpc) is 2.27. The fraction of sp³-hybridized carbons (Fsp3) is 0.833. The highest BCUT2D eigenvalue weighted by atomic mass is 16.5. The summed E-state index contributed by atoms with van der Waals surface area (Å²) in [5, 5.41) is 11.9. The summed E-state index contributed by atoms with van der Waals surface area (Å²) in [7, 11) is 0. The number of rotatable bonds is 3. The van der Waals surface area contributed by atoms with Crippen molar-refractivity contribution in [1.82, 2.24) is 10.2 Å². The minimum absolute atomic E-state index is 0.0425. The molecule has 2 aliphatic rings. The number of carbonyl (C=O) groups is 2. The molecule has 1 atom stereocenters. The Labute approximate surface area is 106 Å². The minimum atomic E-state index is -0.802. The summed E-state index contributed by atoms with van der Waals surface area (Å²) >= 11 is 0. The molecule has 2 N–H and O–H groups in total. The third kappa shape index (κ3) is 2.43. The van der Waals surface area contributed by atoms with E-state index in [1.54, 1.807) is 4.90 Å². The van der Waals surface area contributed by atoms with Gasteiger partial charge in [0.25, 0.3) is 0 Å². The Hall–Kier alpha value is -1.30. The Morgan fingerprint density at radius 3 is 2.72 bits per heavy atom. The molecule has 18 heavy (non-hydrogen) atoms. The van der Waals surface area contributed by atoms with Gasteiger partial charge in [0.15, 0.2) is 0 Å². The van der Waals surface area contributed by atoms with Gasteiger partial charge < -0.3 is 20.1 Å². The first-order valence-electron chi connectivity index (χ1n) is 6.41. The Morgan fingerprint density at radius 2 is 2.22 bits per heavy atom. The molecule has 1 saturated carbocycles. The van der Waals surface area contributed by atoms with E-state index in [0.717, 1.165) is 6.42 Å². The second-order valence-corrected chi connectivity index (χ2v) is 5.22. The number of hydrogen-bond acceptors (Lipinski definition) is 3. The first-order chi connectivity index (χ1) is 8.55. The topological polar surface area (TPSA) is 78.9 Å². The number of morpholine rings is 1. The number of aliphatic carboxylic acids is 1. The number of carbonyl (C=O) groups excluding carboxylic acids is 1. The number of ether oxygens (including phenoxy) is 1. The third-order valence-corrected chi connectivity index (χ3v) is 3.97. The molecule has 1 aliphatic carbocycles. The van der Waals surface area contributed by atoms with Crippen molar-refractivity contribution in [3.63, 3.8) is 0 Å². The Balaban J connectivity index is 1.86. The zero-order chi connectivity index (χ0) is 13.2. The lowest BCUT2D eigenvalue weighted by atomic mass is 9.69. The van der Waals surface area contributed by atoms with Gasteiger partial charge in [0.05, 0.1) is 24.7 Å². The first-order valence-corrected chi connectivity index (χ1v) is 6.41. The second kappa shape index (κ2) is 5.14. The van der Waals surface area contributed by atoms with Crippen LogP contribution >= 0.6 is 0 Å². The van der Waals surface area contributed by atoms with E-state index in [1.165, 1.54) is 0 Å². The van der Waals surface area contributed by atoms with Crippen LogP contribution in [0.1, 0.15) is 26.2 Å². The number of carboxylic acids is 1. The molecule has 2 amide bonds. The molecule has 0 spiro atoms. The molecule has 1 heterocycles. The molecule has 0 radical (unpaired) electrons. The maximum absolute atomic E-state index is 12.0. The van der Waals surface area contributed by atoms with E-state index < -0.39 is 11.4 Å². The monoisotopic (exact) mass is 256 g/mol. The van der Waals surface area contributed by atoms with Crippen LogP contribution in [0.5, 0.6) is 0 Å². The summed E-state index contributed by atoms with van der Waals surface area (Å²) in [6.45, 7) is 3.80. The van der Waals surface area contributed by atoms with Crippen molar-refractivity contribution >= 4 is 12.0 Å². The van der Waals surface area contributed by atoms with E-state index in [2.05, 4.69) is 5.32 Å². The van der Waals surface area contributed by atoms with Crippen LogP contribution in [-0.2, 0) is 9.53 Å². The number of nitrogens with zero attached hydrogens (tertiary/aromatic N) is 1. The van der Waals surface area contributed by atoms with Gasteiger partial charge in [-0.05, 0) is 19.8 Å². The zero-order valence-electron chi connectivity index (χ0n) is 10.6. The quantitative estimate of drug-likeness (QED) is 0.778. The molecule has 2 fully saturated rings. The lowest BCUT2D eigenvalue weighted by Gasteiger charge is -2.39.